The molecular formula is C8H15N5O. The van der Waals surface area contributed by atoms with Crippen molar-refractivity contribution in [2.75, 3.05) is 11.9 Å². The monoisotopic (exact) mass is 197 g/mol. The van der Waals surface area contributed by atoms with Crippen LogP contribution in [0.5, 0.6) is 0 Å². The van der Waals surface area contributed by atoms with Gasteiger partial charge in [0.15, 0.2) is 0 Å². The zero-order valence-corrected chi connectivity index (χ0v) is 8.40. The number of amides is 1. The minimum absolute atomic E-state index is 0.0773. The molecular weight excluding hydrogens is 182 g/mol. The van der Waals surface area contributed by atoms with Crippen molar-refractivity contribution in [1.29, 1.82) is 0 Å². The first kappa shape index (κ1) is 10.6. The summed E-state index contributed by atoms with van der Waals surface area (Å²) in [5, 5.41) is 6.51. The van der Waals surface area contributed by atoms with E-state index in [2.05, 4.69) is 15.4 Å². The van der Waals surface area contributed by atoms with E-state index in [0.717, 1.165) is 0 Å². The molecule has 0 fully saturated rings. The van der Waals surface area contributed by atoms with Crippen LogP contribution < -0.4 is 11.1 Å². The van der Waals surface area contributed by atoms with E-state index < -0.39 is 0 Å². The summed E-state index contributed by atoms with van der Waals surface area (Å²) in [4.78, 5) is 15.4. The largest absolute Gasteiger partial charge is 0.330 e. The molecule has 0 aliphatic heterocycles. The number of rotatable bonds is 4. The van der Waals surface area contributed by atoms with Crippen LogP contribution in [0.15, 0.2) is 6.33 Å². The van der Waals surface area contributed by atoms with E-state index in [9.17, 15) is 4.79 Å². The number of anilines is 1. The Labute approximate surface area is 82.5 Å². The third-order valence-electron chi connectivity index (χ3n) is 1.99. The van der Waals surface area contributed by atoms with Crippen molar-refractivity contribution in [1.82, 2.24) is 14.8 Å². The standard InChI is InChI=1S/C8H15N5O/c1-6(3-4-9)7(14)12-8-10-5-11-13(8)2/h5-6H,3-4,9H2,1-2H3,(H,10,11,12,14). The fourth-order valence-corrected chi connectivity index (χ4v) is 1.02. The Morgan fingerprint density at radius 2 is 2.50 bits per heavy atom. The third-order valence-corrected chi connectivity index (χ3v) is 1.99. The predicted molar refractivity (Wildman–Crippen MR) is 52.5 cm³/mol. The van der Waals surface area contributed by atoms with Crippen molar-refractivity contribution in [3.63, 3.8) is 0 Å². The Morgan fingerprint density at radius 1 is 1.79 bits per heavy atom. The molecule has 1 rings (SSSR count). The average Bonchev–Trinajstić information content (AvgIpc) is 2.52. The smallest absolute Gasteiger partial charge is 0.229 e. The van der Waals surface area contributed by atoms with Gasteiger partial charge in [-0.2, -0.15) is 10.1 Å². The molecule has 0 radical (unpaired) electrons. The number of carbonyl (C=O) groups excluding carboxylic acids is 1. The average molecular weight is 197 g/mol. The van der Waals surface area contributed by atoms with Crippen molar-refractivity contribution in [2.24, 2.45) is 18.7 Å². The first-order valence-electron chi connectivity index (χ1n) is 4.50. The molecule has 14 heavy (non-hydrogen) atoms. The summed E-state index contributed by atoms with van der Waals surface area (Å²) >= 11 is 0. The second kappa shape index (κ2) is 4.71. The molecule has 78 valence electrons. The molecule has 0 saturated heterocycles. The first-order chi connectivity index (χ1) is 6.65. The zero-order chi connectivity index (χ0) is 10.6. The van der Waals surface area contributed by atoms with E-state index in [4.69, 9.17) is 5.73 Å². The lowest BCUT2D eigenvalue weighted by atomic mass is 10.1. The van der Waals surface area contributed by atoms with Crippen LogP contribution in [0.3, 0.4) is 0 Å². The SMILES string of the molecule is CC(CCN)C(=O)Nc1ncnn1C. The fourth-order valence-electron chi connectivity index (χ4n) is 1.02. The van der Waals surface area contributed by atoms with E-state index >= 15 is 0 Å². The van der Waals surface area contributed by atoms with Gasteiger partial charge in [-0.25, -0.2) is 4.68 Å². The molecule has 1 unspecified atom stereocenters. The third kappa shape index (κ3) is 2.53. The first-order valence-corrected chi connectivity index (χ1v) is 4.50. The summed E-state index contributed by atoms with van der Waals surface area (Å²) < 4.78 is 1.51. The maximum absolute atomic E-state index is 11.5. The van der Waals surface area contributed by atoms with Gasteiger partial charge in [-0.1, -0.05) is 6.92 Å². The van der Waals surface area contributed by atoms with Crippen LogP contribution in [0.25, 0.3) is 0 Å². The van der Waals surface area contributed by atoms with Gasteiger partial charge in [0, 0.05) is 13.0 Å². The topological polar surface area (TPSA) is 85.8 Å². The molecule has 0 bridgehead atoms. The number of nitrogens with two attached hydrogens (primary N) is 1. The summed E-state index contributed by atoms with van der Waals surface area (Å²) in [5.41, 5.74) is 5.36. The van der Waals surface area contributed by atoms with E-state index in [1.807, 2.05) is 6.92 Å². The maximum atomic E-state index is 11.5. The van der Waals surface area contributed by atoms with Crippen molar-refractivity contribution in [3.05, 3.63) is 6.33 Å². The van der Waals surface area contributed by atoms with Crippen molar-refractivity contribution >= 4 is 11.9 Å². The Morgan fingerprint density at radius 3 is 3.00 bits per heavy atom. The Bertz CT molecular complexity index is 308. The van der Waals surface area contributed by atoms with Gasteiger partial charge in [-0.3, -0.25) is 10.1 Å². The Balaban J connectivity index is 2.53. The highest BCUT2D eigenvalue weighted by Crippen LogP contribution is 2.05. The van der Waals surface area contributed by atoms with Gasteiger partial charge in [0.25, 0.3) is 0 Å². The number of nitrogens with zero attached hydrogens (tertiary/aromatic N) is 3. The quantitative estimate of drug-likeness (QED) is 0.696. The summed E-state index contributed by atoms with van der Waals surface area (Å²) in [6.07, 6.45) is 2.06. The Kier molecular flexibility index (Phi) is 3.58. The van der Waals surface area contributed by atoms with E-state index in [-0.39, 0.29) is 11.8 Å². The van der Waals surface area contributed by atoms with E-state index in [0.29, 0.717) is 18.9 Å². The molecule has 0 spiro atoms. The number of hydrogen-bond acceptors (Lipinski definition) is 4. The van der Waals surface area contributed by atoms with Gasteiger partial charge in [0.05, 0.1) is 0 Å². The van der Waals surface area contributed by atoms with Gasteiger partial charge < -0.3 is 5.73 Å². The van der Waals surface area contributed by atoms with Crippen LogP contribution >= 0.6 is 0 Å². The maximum Gasteiger partial charge on any atom is 0.229 e. The summed E-state index contributed by atoms with van der Waals surface area (Å²) in [7, 11) is 1.72. The Hall–Kier alpha value is -1.43. The zero-order valence-electron chi connectivity index (χ0n) is 8.40. The molecule has 1 amide bonds. The molecule has 0 aromatic carbocycles. The summed E-state index contributed by atoms with van der Waals surface area (Å²) in [5.74, 6) is 0.280. The van der Waals surface area contributed by atoms with Gasteiger partial charge in [-0.15, -0.1) is 0 Å². The second-order valence-electron chi connectivity index (χ2n) is 3.17. The van der Waals surface area contributed by atoms with Crippen LogP contribution in [0, 0.1) is 5.92 Å². The number of nitrogens with one attached hydrogen (secondary N) is 1. The van der Waals surface area contributed by atoms with Crippen LogP contribution in [-0.4, -0.2) is 27.2 Å². The van der Waals surface area contributed by atoms with Crippen molar-refractivity contribution in [3.8, 4) is 0 Å². The van der Waals surface area contributed by atoms with Gasteiger partial charge in [0.2, 0.25) is 11.9 Å². The van der Waals surface area contributed by atoms with E-state index in [1.54, 1.807) is 7.05 Å². The normalized spacial score (nSPS) is 12.5. The fraction of sp³-hybridized carbons (Fsp3) is 0.625. The predicted octanol–water partition coefficient (Wildman–Crippen LogP) is -0.262. The van der Waals surface area contributed by atoms with Crippen molar-refractivity contribution in [2.45, 2.75) is 13.3 Å². The number of hydrogen-bond donors (Lipinski definition) is 2. The molecule has 1 atom stereocenters. The highest BCUT2D eigenvalue weighted by Gasteiger charge is 2.13. The van der Waals surface area contributed by atoms with E-state index in [1.165, 1.54) is 11.0 Å². The molecule has 1 aromatic heterocycles. The summed E-state index contributed by atoms with van der Waals surface area (Å²) in [6, 6.07) is 0. The minimum atomic E-state index is -0.100. The molecule has 1 aromatic rings. The highest BCUT2D eigenvalue weighted by molar-refractivity contribution is 5.90. The molecule has 6 nitrogen and oxygen atoms in total. The lowest BCUT2D eigenvalue weighted by molar-refractivity contribution is -0.119. The lowest BCUT2D eigenvalue weighted by Crippen LogP contribution is -2.24. The van der Waals surface area contributed by atoms with Crippen molar-refractivity contribution < 1.29 is 4.79 Å². The molecule has 0 saturated carbocycles. The molecule has 0 aliphatic rings. The van der Waals surface area contributed by atoms with Crippen LogP contribution in [-0.2, 0) is 11.8 Å². The molecule has 1 heterocycles. The molecule has 3 N–H and O–H groups in total. The van der Waals surface area contributed by atoms with Crippen LogP contribution in [0.2, 0.25) is 0 Å². The van der Waals surface area contributed by atoms with Crippen LogP contribution in [0.4, 0.5) is 5.95 Å². The number of carbonyl (C=O) groups is 1. The van der Waals surface area contributed by atoms with Crippen LogP contribution in [0.1, 0.15) is 13.3 Å². The minimum Gasteiger partial charge on any atom is -0.330 e. The molecule has 0 aliphatic carbocycles. The number of aromatic nitrogens is 3. The van der Waals surface area contributed by atoms with Gasteiger partial charge in [0.1, 0.15) is 6.33 Å². The lowest BCUT2D eigenvalue weighted by Gasteiger charge is -2.09. The van der Waals surface area contributed by atoms with Gasteiger partial charge >= 0.3 is 0 Å². The highest BCUT2D eigenvalue weighted by atomic mass is 16.2. The summed E-state index contributed by atoms with van der Waals surface area (Å²) in [6.45, 7) is 2.34. The second-order valence-corrected chi connectivity index (χ2v) is 3.17. The molecule has 6 heteroatoms. The van der Waals surface area contributed by atoms with Gasteiger partial charge in [-0.05, 0) is 13.0 Å². The number of aryl methyl sites for hydroxylation is 1.